The number of aromatic nitrogens is 2. The van der Waals surface area contributed by atoms with Gasteiger partial charge < -0.3 is 15.5 Å². The number of rotatable bonds is 3. The fourth-order valence-electron chi connectivity index (χ4n) is 2.65. The van der Waals surface area contributed by atoms with Crippen LogP contribution in [0.2, 0.25) is 5.15 Å². The van der Waals surface area contributed by atoms with Gasteiger partial charge in [0.15, 0.2) is 0 Å². The van der Waals surface area contributed by atoms with E-state index in [4.69, 9.17) is 17.3 Å². The summed E-state index contributed by atoms with van der Waals surface area (Å²) < 4.78 is 0. The molecule has 1 aliphatic heterocycles. The van der Waals surface area contributed by atoms with Crippen LogP contribution in [0.25, 0.3) is 0 Å². The lowest BCUT2D eigenvalue weighted by Crippen LogP contribution is -2.40. The summed E-state index contributed by atoms with van der Waals surface area (Å²) in [7, 11) is 1.81. The van der Waals surface area contributed by atoms with E-state index < -0.39 is 0 Å². The second-order valence-corrected chi connectivity index (χ2v) is 5.54. The number of likely N-dealkylation sites (N-methyl/N-ethyl adjacent to an activating group) is 1. The second kappa shape index (κ2) is 5.81. The van der Waals surface area contributed by atoms with Crippen LogP contribution in [-0.4, -0.2) is 35.5 Å². The maximum Gasteiger partial charge on any atom is 0.249 e. The summed E-state index contributed by atoms with van der Waals surface area (Å²) >= 11 is 5.91. The van der Waals surface area contributed by atoms with Crippen molar-refractivity contribution >= 4 is 35.0 Å². The Morgan fingerprint density at radius 2 is 2.05 bits per heavy atom. The molecule has 1 amide bonds. The summed E-state index contributed by atoms with van der Waals surface area (Å²) in [6.45, 7) is 0.673. The first-order chi connectivity index (χ1) is 10.6. The molecule has 2 aromatic rings. The smallest absolute Gasteiger partial charge is 0.249 e. The van der Waals surface area contributed by atoms with Crippen LogP contribution in [0.5, 0.6) is 0 Å². The number of hydrogen-bond acceptors (Lipinski definition) is 5. The number of carbonyl (C=O) groups excluding carboxylic acids is 1. The Morgan fingerprint density at radius 3 is 2.73 bits per heavy atom. The molecule has 114 valence electrons. The highest BCUT2D eigenvalue weighted by Crippen LogP contribution is 2.26. The third-order valence-corrected chi connectivity index (χ3v) is 3.97. The van der Waals surface area contributed by atoms with Crippen LogP contribution in [0.1, 0.15) is 6.42 Å². The average Bonchev–Trinajstić information content (AvgIpc) is 2.88. The lowest BCUT2D eigenvalue weighted by Gasteiger charge is -2.25. The highest BCUT2D eigenvalue weighted by Gasteiger charge is 2.36. The topological polar surface area (TPSA) is 75.4 Å². The van der Waals surface area contributed by atoms with Crippen LogP contribution in [0.4, 0.5) is 17.5 Å². The first-order valence-corrected chi connectivity index (χ1v) is 7.33. The molecule has 1 atom stereocenters. The fraction of sp³-hybridized carbons (Fsp3) is 0.267. The minimum atomic E-state index is -0.287. The number of nitrogens with two attached hydrogens (primary N) is 1. The van der Waals surface area contributed by atoms with Crippen molar-refractivity contribution in [3.8, 4) is 0 Å². The van der Waals surface area contributed by atoms with E-state index in [1.165, 1.54) is 0 Å². The van der Waals surface area contributed by atoms with Crippen molar-refractivity contribution in [2.75, 3.05) is 29.1 Å². The van der Waals surface area contributed by atoms with Crippen LogP contribution >= 0.6 is 11.6 Å². The summed E-state index contributed by atoms with van der Waals surface area (Å²) in [5.74, 6) is 0.687. The molecule has 0 bridgehead atoms. The Bertz CT molecular complexity index is 673. The SMILES string of the molecule is CN(c1cc(Cl)nc(N)n1)[C@H]1CCN(c2ccccc2)C1=O. The standard InChI is InChI=1S/C15H16ClN5O/c1-20(13-9-12(16)18-15(17)19-13)11-7-8-21(14(11)22)10-5-3-2-4-6-10/h2-6,9,11H,7-8H2,1H3,(H2,17,18,19)/t11-/m0/s1. The van der Waals surface area contributed by atoms with Crippen molar-refractivity contribution in [3.63, 3.8) is 0 Å². The monoisotopic (exact) mass is 317 g/mol. The Kier molecular flexibility index (Phi) is 3.85. The highest BCUT2D eigenvalue weighted by atomic mass is 35.5. The molecule has 0 saturated carbocycles. The Balaban J connectivity index is 1.83. The molecule has 1 aliphatic rings. The van der Waals surface area contributed by atoms with E-state index in [0.717, 1.165) is 5.69 Å². The minimum absolute atomic E-state index is 0.0435. The van der Waals surface area contributed by atoms with E-state index in [9.17, 15) is 4.79 Å². The van der Waals surface area contributed by atoms with E-state index in [0.29, 0.717) is 18.8 Å². The number of nitrogen functional groups attached to an aromatic ring is 1. The molecular weight excluding hydrogens is 302 g/mol. The lowest BCUT2D eigenvalue weighted by molar-refractivity contribution is -0.118. The fourth-order valence-corrected chi connectivity index (χ4v) is 2.84. The number of carbonyl (C=O) groups is 1. The van der Waals surface area contributed by atoms with Gasteiger partial charge in [0.05, 0.1) is 0 Å². The number of nitrogens with zero attached hydrogens (tertiary/aromatic N) is 4. The molecular formula is C15H16ClN5O. The van der Waals surface area contributed by atoms with Gasteiger partial charge in [-0.1, -0.05) is 29.8 Å². The van der Waals surface area contributed by atoms with E-state index in [2.05, 4.69) is 9.97 Å². The molecule has 2 N–H and O–H groups in total. The van der Waals surface area contributed by atoms with E-state index in [1.807, 2.05) is 37.4 Å². The molecule has 6 nitrogen and oxygen atoms in total. The lowest BCUT2D eigenvalue weighted by atomic mass is 10.2. The minimum Gasteiger partial charge on any atom is -0.368 e. The molecule has 3 rings (SSSR count). The molecule has 0 radical (unpaired) electrons. The van der Waals surface area contributed by atoms with Gasteiger partial charge in [0.2, 0.25) is 11.9 Å². The maximum atomic E-state index is 12.7. The molecule has 7 heteroatoms. The molecule has 2 heterocycles. The van der Waals surface area contributed by atoms with Gasteiger partial charge in [-0.15, -0.1) is 0 Å². The molecule has 1 aromatic carbocycles. The number of hydrogen-bond donors (Lipinski definition) is 1. The molecule has 1 aromatic heterocycles. The predicted octanol–water partition coefficient (Wildman–Crippen LogP) is 1.95. The van der Waals surface area contributed by atoms with Gasteiger partial charge in [-0.2, -0.15) is 4.98 Å². The number of anilines is 3. The van der Waals surface area contributed by atoms with Crippen LogP contribution in [-0.2, 0) is 4.79 Å². The zero-order valence-corrected chi connectivity index (χ0v) is 12.9. The third-order valence-electron chi connectivity index (χ3n) is 3.77. The summed E-state index contributed by atoms with van der Waals surface area (Å²) in [4.78, 5) is 24.2. The average molecular weight is 318 g/mol. The maximum absolute atomic E-state index is 12.7. The largest absolute Gasteiger partial charge is 0.368 e. The Morgan fingerprint density at radius 1 is 1.32 bits per heavy atom. The molecule has 0 aliphatic carbocycles. The molecule has 0 unspecified atom stereocenters. The Labute approximate surface area is 133 Å². The third kappa shape index (κ3) is 2.69. The van der Waals surface area contributed by atoms with Crippen molar-refractivity contribution in [1.29, 1.82) is 0 Å². The van der Waals surface area contributed by atoms with Gasteiger partial charge in [0, 0.05) is 25.3 Å². The normalized spacial score (nSPS) is 17.8. The van der Waals surface area contributed by atoms with Crippen LogP contribution < -0.4 is 15.5 Å². The van der Waals surface area contributed by atoms with Crippen LogP contribution in [0.15, 0.2) is 36.4 Å². The molecule has 22 heavy (non-hydrogen) atoms. The zero-order valence-electron chi connectivity index (χ0n) is 12.1. The molecule has 1 saturated heterocycles. The van der Waals surface area contributed by atoms with Gasteiger partial charge in [0.1, 0.15) is 17.0 Å². The van der Waals surface area contributed by atoms with Crippen LogP contribution in [0, 0.1) is 0 Å². The highest BCUT2D eigenvalue weighted by molar-refractivity contribution is 6.29. The summed E-state index contributed by atoms with van der Waals surface area (Å²) in [5, 5.41) is 0.264. The first-order valence-electron chi connectivity index (χ1n) is 6.95. The molecule has 0 spiro atoms. The van der Waals surface area contributed by atoms with Crippen molar-refractivity contribution in [3.05, 3.63) is 41.6 Å². The van der Waals surface area contributed by atoms with Crippen LogP contribution in [0.3, 0.4) is 0 Å². The summed E-state index contributed by atoms with van der Waals surface area (Å²) in [5.41, 5.74) is 6.53. The van der Waals surface area contributed by atoms with Gasteiger partial charge in [-0.05, 0) is 18.6 Å². The quantitative estimate of drug-likeness (QED) is 0.876. The molecule has 1 fully saturated rings. The van der Waals surface area contributed by atoms with Crippen molar-refractivity contribution in [1.82, 2.24) is 9.97 Å². The van der Waals surface area contributed by atoms with E-state index >= 15 is 0 Å². The van der Waals surface area contributed by atoms with Gasteiger partial charge >= 0.3 is 0 Å². The first kappa shape index (κ1) is 14.6. The summed E-state index contributed by atoms with van der Waals surface area (Å²) in [6.07, 6.45) is 0.714. The van der Waals surface area contributed by atoms with E-state index in [-0.39, 0.29) is 23.1 Å². The van der Waals surface area contributed by atoms with Gasteiger partial charge in [-0.3, -0.25) is 4.79 Å². The van der Waals surface area contributed by atoms with Crippen molar-refractivity contribution < 1.29 is 4.79 Å². The Hall–Kier alpha value is -2.34. The van der Waals surface area contributed by atoms with E-state index in [1.54, 1.807) is 15.9 Å². The van der Waals surface area contributed by atoms with Crippen molar-refractivity contribution in [2.24, 2.45) is 0 Å². The number of para-hydroxylation sites is 1. The number of amides is 1. The van der Waals surface area contributed by atoms with Gasteiger partial charge in [-0.25, -0.2) is 4.98 Å². The van der Waals surface area contributed by atoms with Crippen molar-refractivity contribution in [2.45, 2.75) is 12.5 Å². The predicted molar refractivity (Wildman–Crippen MR) is 87.1 cm³/mol. The number of halogens is 1. The zero-order chi connectivity index (χ0) is 15.7. The summed E-state index contributed by atoms with van der Waals surface area (Å²) in [6, 6.07) is 11.0. The second-order valence-electron chi connectivity index (χ2n) is 5.15. The number of benzene rings is 1. The van der Waals surface area contributed by atoms with Gasteiger partial charge in [0.25, 0.3) is 0 Å².